The highest BCUT2D eigenvalue weighted by molar-refractivity contribution is 6.30. The average molecular weight is 458 g/mol. The van der Waals surface area contributed by atoms with Crippen LogP contribution in [0.4, 0.5) is 0 Å². The van der Waals surface area contributed by atoms with E-state index >= 15 is 0 Å². The van der Waals surface area contributed by atoms with Crippen molar-refractivity contribution in [2.45, 2.75) is 31.4 Å². The summed E-state index contributed by atoms with van der Waals surface area (Å²) in [5.41, 5.74) is 5.64. The molecule has 0 aliphatic heterocycles. The number of aliphatic hydroxyl groups excluding tert-OH is 1. The second-order valence-electron chi connectivity index (χ2n) is 7.79. The largest absolute Gasteiger partial charge is 0.478 e. The Balaban J connectivity index is 0.00000272. The summed E-state index contributed by atoms with van der Waals surface area (Å²) in [6, 6.07) is 21.0. The van der Waals surface area contributed by atoms with Crippen molar-refractivity contribution in [1.29, 1.82) is 0 Å². The van der Waals surface area contributed by atoms with Gasteiger partial charge in [-0.15, -0.1) is 12.4 Å². The Bertz CT molecular complexity index is 1070. The Morgan fingerprint density at radius 1 is 1.03 bits per heavy atom. The molecule has 0 bridgehead atoms. The molecular weight excluding hydrogens is 433 g/mol. The Morgan fingerprint density at radius 2 is 1.81 bits per heavy atom. The number of aryl methyl sites for hydroxylation is 1. The second-order valence-corrected chi connectivity index (χ2v) is 8.22. The molecule has 6 heteroatoms. The van der Waals surface area contributed by atoms with E-state index in [1.165, 1.54) is 11.1 Å². The molecule has 4 nitrogen and oxygen atoms in total. The van der Waals surface area contributed by atoms with Crippen molar-refractivity contribution in [1.82, 2.24) is 5.32 Å². The van der Waals surface area contributed by atoms with Crippen LogP contribution in [0, 0.1) is 0 Å². The third-order valence-electron chi connectivity index (χ3n) is 5.71. The molecule has 0 fully saturated rings. The van der Waals surface area contributed by atoms with E-state index in [0.717, 1.165) is 36.0 Å². The predicted octanol–water partition coefficient (Wildman–Crippen LogP) is 5.31. The van der Waals surface area contributed by atoms with Crippen LogP contribution in [0.2, 0.25) is 5.02 Å². The second kappa shape index (κ2) is 10.3. The molecule has 0 spiro atoms. The van der Waals surface area contributed by atoms with Gasteiger partial charge in [0.05, 0.1) is 11.7 Å². The van der Waals surface area contributed by atoms with Gasteiger partial charge in [0.15, 0.2) is 0 Å². The number of aromatic carboxylic acids is 1. The first-order valence-electron chi connectivity index (χ1n) is 10.1. The fourth-order valence-corrected chi connectivity index (χ4v) is 4.25. The van der Waals surface area contributed by atoms with Crippen LogP contribution in [0.5, 0.6) is 0 Å². The number of aliphatic hydroxyl groups is 1. The van der Waals surface area contributed by atoms with Crippen LogP contribution in [-0.2, 0) is 12.8 Å². The summed E-state index contributed by atoms with van der Waals surface area (Å²) in [5.74, 6) is -0.919. The molecule has 0 amide bonds. The number of carboxylic acid groups (broad SMARTS) is 1. The third kappa shape index (κ3) is 5.66. The number of carbonyl (C=O) groups is 1. The van der Waals surface area contributed by atoms with Gasteiger partial charge in [0.25, 0.3) is 0 Å². The van der Waals surface area contributed by atoms with E-state index in [4.69, 9.17) is 11.6 Å². The molecular formula is C25H25Cl2NO3. The Hall–Kier alpha value is -2.37. The zero-order valence-corrected chi connectivity index (χ0v) is 18.5. The monoisotopic (exact) mass is 457 g/mol. The number of hydrogen-bond acceptors (Lipinski definition) is 3. The van der Waals surface area contributed by atoms with E-state index < -0.39 is 12.1 Å². The maximum absolute atomic E-state index is 11.3. The molecule has 3 aromatic rings. The van der Waals surface area contributed by atoms with Gasteiger partial charge in [-0.05, 0) is 71.3 Å². The molecule has 0 saturated heterocycles. The first-order valence-corrected chi connectivity index (χ1v) is 10.5. The van der Waals surface area contributed by atoms with E-state index in [0.29, 0.717) is 17.1 Å². The van der Waals surface area contributed by atoms with Crippen LogP contribution in [0.15, 0.2) is 66.7 Å². The molecule has 1 aliphatic rings. The first-order chi connectivity index (χ1) is 14.5. The molecule has 3 N–H and O–H groups in total. The van der Waals surface area contributed by atoms with E-state index in [2.05, 4.69) is 23.5 Å². The zero-order valence-electron chi connectivity index (χ0n) is 16.9. The molecule has 0 unspecified atom stereocenters. The number of rotatable bonds is 6. The highest BCUT2D eigenvalue weighted by atomic mass is 35.5. The van der Waals surface area contributed by atoms with Gasteiger partial charge in [-0.3, -0.25) is 0 Å². The van der Waals surface area contributed by atoms with Crippen LogP contribution in [0.1, 0.15) is 39.6 Å². The van der Waals surface area contributed by atoms with E-state index in [9.17, 15) is 15.0 Å². The lowest BCUT2D eigenvalue weighted by Crippen LogP contribution is -2.37. The fraction of sp³-hybridized carbons (Fsp3) is 0.240. The molecule has 2 atom stereocenters. The van der Waals surface area contributed by atoms with Crippen molar-refractivity contribution in [3.63, 3.8) is 0 Å². The summed E-state index contributed by atoms with van der Waals surface area (Å²) >= 11 is 6.02. The van der Waals surface area contributed by atoms with Gasteiger partial charge in [0.2, 0.25) is 0 Å². The predicted molar refractivity (Wildman–Crippen MR) is 126 cm³/mol. The van der Waals surface area contributed by atoms with Crippen LogP contribution in [0.3, 0.4) is 0 Å². The van der Waals surface area contributed by atoms with Crippen molar-refractivity contribution in [3.8, 4) is 11.1 Å². The van der Waals surface area contributed by atoms with Crippen molar-refractivity contribution >= 4 is 30.0 Å². The minimum absolute atomic E-state index is 0. The van der Waals surface area contributed by atoms with Crippen molar-refractivity contribution < 1.29 is 15.0 Å². The van der Waals surface area contributed by atoms with Gasteiger partial charge in [-0.2, -0.15) is 0 Å². The number of nitrogens with one attached hydrogen (secondary N) is 1. The molecule has 1 aliphatic carbocycles. The highest BCUT2D eigenvalue weighted by Crippen LogP contribution is 2.28. The normalized spacial score (nSPS) is 16.1. The Morgan fingerprint density at radius 3 is 2.58 bits per heavy atom. The van der Waals surface area contributed by atoms with Crippen LogP contribution < -0.4 is 5.32 Å². The average Bonchev–Trinajstić information content (AvgIpc) is 2.77. The highest BCUT2D eigenvalue weighted by Gasteiger charge is 2.20. The topological polar surface area (TPSA) is 69.6 Å². The zero-order chi connectivity index (χ0) is 21.1. The minimum atomic E-state index is -0.919. The molecule has 0 heterocycles. The summed E-state index contributed by atoms with van der Waals surface area (Å²) in [6.45, 7) is 0.473. The number of carboxylic acids is 1. The van der Waals surface area contributed by atoms with E-state index in [1.54, 1.807) is 30.3 Å². The van der Waals surface area contributed by atoms with Crippen LogP contribution in [0.25, 0.3) is 11.1 Å². The summed E-state index contributed by atoms with van der Waals surface area (Å²) < 4.78 is 0. The summed E-state index contributed by atoms with van der Waals surface area (Å²) in [5, 5.41) is 23.8. The lowest BCUT2D eigenvalue weighted by atomic mass is 9.86. The standard InChI is InChI=1S/C25H24ClNO3.ClH/c26-22-6-2-4-19(13-22)24(28)15-27-23-10-9-16-7-8-18(12-21(16)14-23)17-3-1-5-20(11-17)25(29)30;/h1-8,11-13,23-24,27-28H,9-10,14-15H2,(H,29,30);1H/t23-,24+;/m0./s1. The van der Waals surface area contributed by atoms with Crippen LogP contribution >= 0.6 is 24.0 Å². The van der Waals surface area contributed by atoms with Crippen molar-refractivity contribution in [3.05, 3.63) is 94.0 Å². The number of benzene rings is 3. The lowest BCUT2D eigenvalue weighted by Gasteiger charge is -2.27. The minimum Gasteiger partial charge on any atom is -0.478 e. The third-order valence-corrected chi connectivity index (χ3v) is 5.95. The molecule has 3 aromatic carbocycles. The van der Waals surface area contributed by atoms with Gasteiger partial charge < -0.3 is 15.5 Å². The number of hydrogen-bond donors (Lipinski definition) is 3. The van der Waals surface area contributed by atoms with Gasteiger partial charge in [0.1, 0.15) is 0 Å². The maximum atomic E-state index is 11.3. The molecule has 4 rings (SSSR count). The summed E-state index contributed by atoms with van der Waals surface area (Å²) in [6.07, 6.45) is 2.28. The van der Waals surface area contributed by atoms with E-state index in [1.807, 2.05) is 18.2 Å². The molecule has 0 radical (unpaired) electrons. The van der Waals surface area contributed by atoms with E-state index in [-0.39, 0.29) is 18.4 Å². The Labute approximate surface area is 193 Å². The van der Waals surface area contributed by atoms with Crippen molar-refractivity contribution in [2.24, 2.45) is 0 Å². The summed E-state index contributed by atoms with van der Waals surface area (Å²) in [4.78, 5) is 11.3. The molecule has 0 saturated carbocycles. The van der Waals surface area contributed by atoms with Crippen molar-refractivity contribution in [2.75, 3.05) is 6.54 Å². The van der Waals surface area contributed by atoms with Gasteiger partial charge >= 0.3 is 5.97 Å². The number of halogens is 2. The number of fused-ring (bicyclic) bond motifs is 1. The molecule has 31 heavy (non-hydrogen) atoms. The molecule has 0 aromatic heterocycles. The first kappa shape index (κ1) is 23.3. The fourth-order valence-electron chi connectivity index (χ4n) is 4.05. The SMILES string of the molecule is Cl.O=C(O)c1cccc(-c2ccc3c(c2)C[C@@H](NC[C@@H](O)c2cccc(Cl)c2)CC3)c1. The van der Waals surface area contributed by atoms with Gasteiger partial charge in [-0.1, -0.05) is 54.1 Å². The quantitative estimate of drug-likeness (QED) is 0.469. The lowest BCUT2D eigenvalue weighted by molar-refractivity contribution is 0.0697. The molecule has 162 valence electrons. The van der Waals surface area contributed by atoms with Gasteiger partial charge in [0, 0.05) is 17.6 Å². The maximum Gasteiger partial charge on any atom is 0.335 e. The van der Waals surface area contributed by atoms with Crippen LogP contribution in [-0.4, -0.2) is 28.8 Å². The van der Waals surface area contributed by atoms with Gasteiger partial charge in [-0.25, -0.2) is 4.79 Å². The Kier molecular flexibility index (Phi) is 7.74. The summed E-state index contributed by atoms with van der Waals surface area (Å²) in [7, 11) is 0. The smallest absolute Gasteiger partial charge is 0.335 e.